The number of urea groups is 1. The third kappa shape index (κ3) is 4.14. The highest BCUT2D eigenvalue weighted by atomic mass is 35.5. The van der Waals surface area contributed by atoms with E-state index < -0.39 is 12.6 Å². The van der Waals surface area contributed by atoms with Crippen molar-refractivity contribution in [2.45, 2.75) is 32.8 Å². The zero-order chi connectivity index (χ0) is 20.4. The van der Waals surface area contributed by atoms with Gasteiger partial charge in [-0.25, -0.2) is 19.0 Å². The first-order valence-electron chi connectivity index (χ1n) is 8.39. The predicted molar refractivity (Wildman–Crippen MR) is 99.2 cm³/mol. The van der Waals surface area contributed by atoms with Crippen LogP contribution >= 0.6 is 11.6 Å². The van der Waals surface area contributed by atoms with Crippen LogP contribution in [0.1, 0.15) is 31.7 Å². The Morgan fingerprint density at radius 2 is 2.14 bits per heavy atom. The lowest BCUT2D eigenvalue weighted by Gasteiger charge is -2.16. The van der Waals surface area contributed by atoms with Crippen molar-refractivity contribution in [3.05, 3.63) is 29.2 Å². The number of ether oxygens (including phenoxy) is 1. The van der Waals surface area contributed by atoms with E-state index in [1.165, 1.54) is 24.0 Å². The Bertz CT molecular complexity index is 1000. The number of carbonyl (C=O) groups excluding carboxylic acids is 1. The summed E-state index contributed by atoms with van der Waals surface area (Å²) in [5.41, 5.74) is 1.80. The highest BCUT2D eigenvalue weighted by Gasteiger charge is 2.19. The number of hydrogen-bond acceptors (Lipinski definition) is 5. The number of amides is 2. The fourth-order valence-electron chi connectivity index (χ4n) is 2.69. The van der Waals surface area contributed by atoms with Crippen molar-refractivity contribution in [2.24, 2.45) is 7.05 Å². The molecule has 2 N–H and O–H groups in total. The molecular formula is C16H18ClF2N7O2. The molecule has 1 unspecified atom stereocenters. The molecule has 0 saturated carbocycles. The van der Waals surface area contributed by atoms with Crippen LogP contribution in [0.4, 0.5) is 25.1 Å². The van der Waals surface area contributed by atoms with E-state index in [-0.39, 0.29) is 17.6 Å². The summed E-state index contributed by atoms with van der Waals surface area (Å²) in [5, 5.41) is 13.5. The molecule has 0 radical (unpaired) electrons. The molecule has 3 aromatic heterocycles. The van der Waals surface area contributed by atoms with E-state index in [1.54, 1.807) is 10.7 Å². The smallest absolute Gasteiger partial charge is 0.388 e. The van der Waals surface area contributed by atoms with Gasteiger partial charge in [-0.1, -0.05) is 25.4 Å². The Labute approximate surface area is 163 Å². The maximum atomic E-state index is 12.4. The zero-order valence-corrected chi connectivity index (χ0v) is 16.0. The van der Waals surface area contributed by atoms with E-state index in [2.05, 4.69) is 30.6 Å². The van der Waals surface area contributed by atoms with Crippen LogP contribution in [0.3, 0.4) is 0 Å². The minimum atomic E-state index is -3.01. The molecule has 0 spiro atoms. The number of imidazole rings is 1. The van der Waals surface area contributed by atoms with Crippen LogP contribution in [-0.2, 0) is 7.05 Å². The molecule has 0 saturated heterocycles. The van der Waals surface area contributed by atoms with Gasteiger partial charge in [0.2, 0.25) is 5.88 Å². The molecule has 12 heteroatoms. The standard InChI is InChI=1S/C16H18ClF2N7O2/c1-4-8(2)13-9(6-20-26-7-10(17)22-14(13)26)21-16(27)23-11-5-12(24-25(11)3)28-15(18)19/h5-8,15H,4H2,1-3H3,(H2,21,23,27). The lowest BCUT2D eigenvalue weighted by atomic mass is 9.98. The summed E-state index contributed by atoms with van der Waals surface area (Å²) < 4.78 is 31.6. The molecule has 2 amide bonds. The second-order valence-corrected chi connectivity index (χ2v) is 6.45. The van der Waals surface area contributed by atoms with Crippen molar-refractivity contribution in [1.29, 1.82) is 0 Å². The molecule has 0 fully saturated rings. The van der Waals surface area contributed by atoms with Gasteiger partial charge in [0.05, 0.1) is 18.1 Å². The molecule has 0 aliphatic rings. The van der Waals surface area contributed by atoms with Crippen LogP contribution in [0.2, 0.25) is 5.15 Å². The summed E-state index contributed by atoms with van der Waals surface area (Å²) in [7, 11) is 1.48. The average molecular weight is 414 g/mol. The van der Waals surface area contributed by atoms with Crippen molar-refractivity contribution in [3.8, 4) is 5.88 Å². The summed E-state index contributed by atoms with van der Waals surface area (Å²) >= 11 is 5.98. The number of rotatable bonds is 6. The minimum Gasteiger partial charge on any atom is -0.415 e. The monoisotopic (exact) mass is 413 g/mol. The van der Waals surface area contributed by atoms with Gasteiger partial charge in [-0.3, -0.25) is 5.32 Å². The molecule has 3 rings (SSSR count). The maximum absolute atomic E-state index is 12.4. The molecule has 0 bridgehead atoms. The maximum Gasteiger partial charge on any atom is 0.388 e. The molecule has 0 aliphatic heterocycles. The number of halogens is 3. The normalized spacial score (nSPS) is 12.4. The van der Waals surface area contributed by atoms with Gasteiger partial charge < -0.3 is 10.1 Å². The van der Waals surface area contributed by atoms with Crippen molar-refractivity contribution in [2.75, 3.05) is 10.6 Å². The Morgan fingerprint density at radius 3 is 2.82 bits per heavy atom. The number of alkyl halides is 2. The quantitative estimate of drug-likeness (QED) is 0.639. The first-order chi connectivity index (χ1) is 13.3. The molecule has 0 aliphatic carbocycles. The second-order valence-electron chi connectivity index (χ2n) is 6.06. The summed E-state index contributed by atoms with van der Waals surface area (Å²) in [6.07, 6.45) is 3.88. The minimum absolute atomic E-state index is 0.0713. The Morgan fingerprint density at radius 1 is 1.39 bits per heavy atom. The first-order valence-corrected chi connectivity index (χ1v) is 8.77. The van der Waals surface area contributed by atoms with Crippen molar-refractivity contribution in [3.63, 3.8) is 0 Å². The van der Waals surface area contributed by atoms with Gasteiger partial charge in [0.25, 0.3) is 0 Å². The van der Waals surface area contributed by atoms with Gasteiger partial charge in [-0.05, 0) is 12.3 Å². The van der Waals surface area contributed by atoms with Gasteiger partial charge in [0.15, 0.2) is 5.65 Å². The predicted octanol–water partition coefficient (Wildman–Crippen LogP) is 3.88. The average Bonchev–Trinajstić information content (AvgIpc) is 3.15. The highest BCUT2D eigenvalue weighted by molar-refractivity contribution is 6.29. The molecular weight excluding hydrogens is 396 g/mol. The van der Waals surface area contributed by atoms with E-state index in [9.17, 15) is 13.6 Å². The van der Waals surface area contributed by atoms with Crippen molar-refractivity contribution in [1.82, 2.24) is 24.4 Å². The number of carbonyl (C=O) groups is 1. The molecule has 150 valence electrons. The SMILES string of the molecule is CCC(C)c1c(NC(=O)Nc2cc(OC(F)F)nn2C)cnn2cc(Cl)nc12. The van der Waals surface area contributed by atoms with Crippen LogP contribution < -0.4 is 15.4 Å². The van der Waals surface area contributed by atoms with E-state index >= 15 is 0 Å². The van der Waals surface area contributed by atoms with Crippen molar-refractivity contribution >= 4 is 34.8 Å². The Balaban J connectivity index is 1.84. The number of fused-ring (bicyclic) bond motifs is 1. The summed E-state index contributed by atoms with van der Waals surface area (Å²) in [6, 6.07) is 0.594. The first kappa shape index (κ1) is 19.8. The van der Waals surface area contributed by atoms with Crippen LogP contribution in [0.25, 0.3) is 5.65 Å². The van der Waals surface area contributed by atoms with Gasteiger partial charge in [-0.15, -0.1) is 5.10 Å². The number of aromatic nitrogens is 5. The second kappa shape index (κ2) is 7.97. The van der Waals surface area contributed by atoms with Gasteiger partial charge in [-0.2, -0.15) is 13.9 Å². The van der Waals surface area contributed by atoms with E-state index in [0.29, 0.717) is 16.5 Å². The van der Waals surface area contributed by atoms with Gasteiger partial charge in [0.1, 0.15) is 11.0 Å². The zero-order valence-electron chi connectivity index (χ0n) is 15.3. The number of nitrogens with zero attached hydrogens (tertiary/aromatic N) is 5. The van der Waals surface area contributed by atoms with Crippen LogP contribution in [-0.4, -0.2) is 37.0 Å². The topological polar surface area (TPSA) is 98.4 Å². The largest absolute Gasteiger partial charge is 0.415 e. The van der Waals surface area contributed by atoms with E-state index in [4.69, 9.17) is 11.6 Å². The van der Waals surface area contributed by atoms with E-state index in [1.807, 2.05) is 13.8 Å². The summed E-state index contributed by atoms with van der Waals surface area (Å²) in [4.78, 5) is 16.7. The van der Waals surface area contributed by atoms with Crippen molar-refractivity contribution < 1.29 is 18.3 Å². The molecule has 0 aromatic carbocycles. The van der Waals surface area contributed by atoms with Crippen LogP contribution in [0, 0.1) is 0 Å². The molecule has 3 heterocycles. The number of anilines is 2. The van der Waals surface area contributed by atoms with Crippen LogP contribution in [0.15, 0.2) is 18.5 Å². The molecule has 1 atom stereocenters. The molecule has 28 heavy (non-hydrogen) atoms. The molecule has 3 aromatic rings. The van der Waals surface area contributed by atoms with Gasteiger partial charge >= 0.3 is 12.6 Å². The third-order valence-corrected chi connectivity index (χ3v) is 4.35. The highest BCUT2D eigenvalue weighted by Crippen LogP contribution is 2.30. The lowest BCUT2D eigenvalue weighted by Crippen LogP contribution is -2.22. The van der Waals surface area contributed by atoms with Gasteiger partial charge in [0, 0.05) is 18.7 Å². The molecule has 9 nitrogen and oxygen atoms in total. The number of aryl methyl sites for hydroxylation is 1. The Hall–Kier alpha value is -2.95. The fraction of sp³-hybridized carbons (Fsp3) is 0.375. The number of hydrogen-bond donors (Lipinski definition) is 2. The Kier molecular flexibility index (Phi) is 5.63. The lowest BCUT2D eigenvalue weighted by molar-refractivity contribution is -0.0531. The van der Waals surface area contributed by atoms with Crippen LogP contribution in [0.5, 0.6) is 5.88 Å². The number of nitrogens with one attached hydrogen (secondary N) is 2. The summed E-state index contributed by atoms with van der Waals surface area (Å²) in [6.45, 7) is 1.00. The van der Waals surface area contributed by atoms with E-state index in [0.717, 1.165) is 12.0 Å². The fourth-order valence-corrected chi connectivity index (χ4v) is 2.86. The third-order valence-electron chi connectivity index (χ3n) is 4.16. The summed E-state index contributed by atoms with van der Waals surface area (Å²) in [5.74, 6) is -0.0543.